The van der Waals surface area contributed by atoms with Gasteiger partial charge in [0.05, 0.1) is 5.69 Å². The molecule has 0 radical (unpaired) electrons. The van der Waals surface area contributed by atoms with Crippen LogP contribution in [0.15, 0.2) is 113 Å². The van der Waals surface area contributed by atoms with Crippen LogP contribution in [0.25, 0.3) is 6.08 Å². The van der Waals surface area contributed by atoms with E-state index in [2.05, 4.69) is 21.2 Å². The summed E-state index contributed by atoms with van der Waals surface area (Å²) in [6.45, 7) is 0.747. The van der Waals surface area contributed by atoms with E-state index in [1.165, 1.54) is 6.08 Å². The zero-order valence-corrected chi connectivity index (χ0v) is 22.3. The zero-order valence-electron chi connectivity index (χ0n) is 20.7. The fraction of sp³-hybridized carbons (Fsp3) is 0.0645. The second kappa shape index (κ2) is 11.8. The van der Waals surface area contributed by atoms with E-state index in [-0.39, 0.29) is 5.57 Å². The summed E-state index contributed by atoms with van der Waals surface area (Å²) in [5.41, 5.74) is 2.75. The highest BCUT2D eigenvalue weighted by atomic mass is 79.9. The van der Waals surface area contributed by atoms with Crippen LogP contribution >= 0.6 is 15.9 Å². The molecule has 1 fully saturated rings. The summed E-state index contributed by atoms with van der Waals surface area (Å²) in [7, 11) is 0. The Morgan fingerprint density at radius 3 is 2.10 bits per heavy atom. The fourth-order valence-electron chi connectivity index (χ4n) is 3.93. The van der Waals surface area contributed by atoms with Gasteiger partial charge in [0.15, 0.2) is 0 Å². The molecule has 0 aromatic heterocycles. The van der Waals surface area contributed by atoms with E-state index >= 15 is 0 Å². The lowest BCUT2D eigenvalue weighted by atomic mass is 10.1. The lowest BCUT2D eigenvalue weighted by Crippen LogP contribution is -2.54. The number of carbonyl (C=O) groups is 3. The summed E-state index contributed by atoms with van der Waals surface area (Å²) < 4.78 is 12.6. The van der Waals surface area contributed by atoms with Crippen LogP contribution in [0.4, 0.5) is 10.5 Å². The molecule has 0 saturated carbocycles. The molecule has 0 aliphatic carbocycles. The van der Waals surface area contributed by atoms with E-state index < -0.39 is 17.8 Å². The number of hydrogen-bond acceptors (Lipinski definition) is 5. The standard InChI is InChI=1S/C31H23BrN2O5/c32-24-11-9-22(10-12-24)20-39-27-8-4-7-23(17-27)18-28-29(35)33-31(37)34(30(28)36)25-13-15-26(16-14-25)38-19-21-5-2-1-3-6-21/h1-18H,19-20H2,(H,33,35,37)/b28-18-. The number of hydrogen-bond donors (Lipinski definition) is 1. The van der Waals surface area contributed by atoms with E-state index in [1.807, 2.05) is 54.6 Å². The summed E-state index contributed by atoms with van der Waals surface area (Å²) in [6.07, 6.45) is 1.45. The molecule has 0 atom stereocenters. The summed E-state index contributed by atoms with van der Waals surface area (Å²) >= 11 is 3.41. The first kappa shape index (κ1) is 25.9. The van der Waals surface area contributed by atoms with E-state index in [9.17, 15) is 14.4 Å². The SMILES string of the molecule is O=C1NC(=O)N(c2ccc(OCc3ccccc3)cc2)C(=O)/C1=C\c1cccc(OCc2ccc(Br)cc2)c1. The number of nitrogens with one attached hydrogen (secondary N) is 1. The highest BCUT2D eigenvalue weighted by molar-refractivity contribution is 9.10. The van der Waals surface area contributed by atoms with Crippen molar-refractivity contribution in [3.05, 3.63) is 130 Å². The number of imide groups is 2. The van der Waals surface area contributed by atoms with Crippen LogP contribution in [0.2, 0.25) is 0 Å². The fourth-order valence-corrected chi connectivity index (χ4v) is 4.20. The molecule has 0 spiro atoms. The monoisotopic (exact) mass is 582 g/mol. The lowest BCUT2D eigenvalue weighted by molar-refractivity contribution is -0.122. The Hall–Kier alpha value is -4.69. The molecule has 8 heteroatoms. The number of ether oxygens (including phenoxy) is 2. The number of carbonyl (C=O) groups excluding carboxylic acids is 3. The third-order valence-corrected chi connectivity index (χ3v) is 6.46. The number of nitrogens with zero attached hydrogens (tertiary/aromatic N) is 1. The Morgan fingerprint density at radius 1 is 0.718 bits per heavy atom. The van der Waals surface area contributed by atoms with Gasteiger partial charge in [-0.25, -0.2) is 9.69 Å². The van der Waals surface area contributed by atoms with Gasteiger partial charge in [-0.3, -0.25) is 14.9 Å². The quantitative estimate of drug-likeness (QED) is 0.195. The maximum Gasteiger partial charge on any atom is 0.335 e. The van der Waals surface area contributed by atoms with Crippen molar-refractivity contribution in [3.63, 3.8) is 0 Å². The summed E-state index contributed by atoms with van der Waals surface area (Å²) in [4.78, 5) is 39.4. The highest BCUT2D eigenvalue weighted by Crippen LogP contribution is 2.26. The molecule has 1 heterocycles. The van der Waals surface area contributed by atoms with Crippen molar-refractivity contribution in [2.75, 3.05) is 4.90 Å². The van der Waals surface area contributed by atoms with Crippen LogP contribution in [-0.2, 0) is 22.8 Å². The molecule has 1 N–H and O–H groups in total. The van der Waals surface area contributed by atoms with Crippen LogP contribution in [0.1, 0.15) is 16.7 Å². The minimum atomic E-state index is -0.813. The van der Waals surface area contributed by atoms with Gasteiger partial charge in [-0.15, -0.1) is 0 Å². The molecular weight excluding hydrogens is 560 g/mol. The number of anilines is 1. The molecule has 7 nitrogen and oxygen atoms in total. The Morgan fingerprint density at radius 2 is 1.38 bits per heavy atom. The minimum Gasteiger partial charge on any atom is -0.489 e. The molecule has 4 aromatic carbocycles. The minimum absolute atomic E-state index is 0.163. The van der Waals surface area contributed by atoms with Crippen molar-refractivity contribution in [1.82, 2.24) is 5.32 Å². The lowest BCUT2D eigenvalue weighted by Gasteiger charge is -2.26. The average Bonchev–Trinajstić information content (AvgIpc) is 2.95. The number of urea groups is 1. The predicted molar refractivity (Wildman–Crippen MR) is 151 cm³/mol. The predicted octanol–water partition coefficient (Wildman–Crippen LogP) is 6.27. The first-order chi connectivity index (χ1) is 19.0. The van der Waals surface area contributed by atoms with Gasteiger partial charge in [0, 0.05) is 4.47 Å². The summed E-state index contributed by atoms with van der Waals surface area (Å²) in [5, 5.41) is 2.25. The first-order valence-electron chi connectivity index (χ1n) is 12.1. The Balaban J connectivity index is 1.30. The van der Waals surface area contributed by atoms with Crippen molar-refractivity contribution >= 4 is 45.5 Å². The van der Waals surface area contributed by atoms with E-state index in [0.717, 1.165) is 20.5 Å². The molecule has 0 unspecified atom stereocenters. The van der Waals surface area contributed by atoms with Crippen molar-refractivity contribution in [1.29, 1.82) is 0 Å². The Labute approximate surface area is 233 Å². The van der Waals surface area contributed by atoms with Gasteiger partial charge >= 0.3 is 6.03 Å². The smallest absolute Gasteiger partial charge is 0.335 e. The molecule has 4 amide bonds. The molecular formula is C31H23BrN2O5. The maximum absolute atomic E-state index is 13.3. The van der Waals surface area contributed by atoms with E-state index in [1.54, 1.807) is 48.5 Å². The van der Waals surface area contributed by atoms with Gasteiger partial charge < -0.3 is 9.47 Å². The van der Waals surface area contributed by atoms with Crippen LogP contribution in [-0.4, -0.2) is 17.8 Å². The normalized spacial score (nSPS) is 14.3. The van der Waals surface area contributed by atoms with Crippen LogP contribution in [0.3, 0.4) is 0 Å². The maximum atomic E-state index is 13.3. The van der Waals surface area contributed by atoms with Gasteiger partial charge in [0.25, 0.3) is 11.8 Å². The van der Waals surface area contributed by atoms with Gasteiger partial charge in [0.1, 0.15) is 30.3 Å². The van der Waals surface area contributed by atoms with Gasteiger partial charge in [-0.2, -0.15) is 0 Å². The van der Waals surface area contributed by atoms with Crippen molar-refractivity contribution in [3.8, 4) is 11.5 Å². The van der Waals surface area contributed by atoms with Gasteiger partial charge in [0.2, 0.25) is 0 Å². The van der Waals surface area contributed by atoms with Gasteiger partial charge in [-0.05, 0) is 71.3 Å². The third-order valence-electron chi connectivity index (χ3n) is 5.93. The topological polar surface area (TPSA) is 84.9 Å². The number of benzene rings is 4. The molecule has 39 heavy (non-hydrogen) atoms. The number of rotatable bonds is 8. The van der Waals surface area contributed by atoms with Crippen LogP contribution in [0, 0.1) is 0 Å². The number of barbiturate groups is 1. The molecule has 5 rings (SSSR count). The van der Waals surface area contributed by atoms with Crippen molar-refractivity contribution < 1.29 is 23.9 Å². The van der Waals surface area contributed by atoms with E-state index in [0.29, 0.717) is 36.0 Å². The molecule has 1 aliphatic heterocycles. The zero-order chi connectivity index (χ0) is 27.2. The molecule has 194 valence electrons. The molecule has 4 aromatic rings. The molecule has 1 aliphatic rings. The average molecular weight is 583 g/mol. The van der Waals surface area contributed by atoms with Crippen LogP contribution < -0.4 is 19.7 Å². The second-order valence-corrected chi connectivity index (χ2v) is 9.63. The number of amides is 4. The largest absolute Gasteiger partial charge is 0.489 e. The number of halogens is 1. The Bertz CT molecular complexity index is 1530. The first-order valence-corrected chi connectivity index (χ1v) is 12.9. The van der Waals surface area contributed by atoms with Crippen molar-refractivity contribution in [2.45, 2.75) is 13.2 Å². The van der Waals surface area contributed by atoms with Crippen LogP contribution in [0.5, 0.6) is 11.5 Å². The van der Waals surface area contributed by atoms with E-state index in [4.69, 9.17) is 9.47 Å². The van der Waals surface area contributed by atoms with Crippen molar-refractivity contribution in [2.24, 2.45) is 0 Å². The molecule has 1 saturated heterocycles. The summed E-state index contributed by atoms with van der Waals surface area (Å²) in [6, 6.07) is 30.3. The Kier molecular flexibility index (Phi) is 7.84. The third kappa shape index (κ3) is 6.42. The summed E-state index contributed by atoms with van der Waals surface area (Å²) in [5.74, 6) is -0.317. The van der Waals surface area contributed by atoms with Gasteiger partial charge in [-0.1, -0.05) is 70.5 Å². The molecule has 0 bridgehead atoms. The highest BCUT2D eigenvalue weighted by Gasteiger charge is 2.36. The second-order valence-electron chi connectivity index (χ2n) is 8.71.